The molecule has 0 unspecified atom stereocenters. The Morgan fingerprint density at radius 2 is 1.90 bits per heavy atom. The molecule has 0 aliphatic carbocycles. The van der Waals surface area contributed by atoms with E-state index in [1.807, 2.05) is 18.2 Å². The third kappa shape index (κ3) is 2.46. The Morgan fingerprint density at radius 1 is 1.20 bits per heavy atom. The first kappa shape index (κ1) is 14.3. The predicted octanol–water partition coefficient (Wildman–Crippen LogP) is 1.87. The van der Waals surface area contributed by atoms with Crippen LogP contribution in [-0.4, -0.2) is 29.2 Å². The van der Waals surface area contributed by atoms with E-state index in [0.717, 1.165) is 17.1 Å². The number of methoxy groups -OCH3 is 2. The van der Waals surface area contributed by atoms with Gasteiger partial charge in [0.2, 0.25) is 0 Å². The van der Waals surface area contributed by atoms with Crippen molar-refractivity contribution in [3.8, 4) is 17.2 Å². The fraction of sp³-hybridized carbons (Fsp3) is 0.429. The van der Waals surface area contributed by atoms with Crippen LogP contribution in [0.5, 0.6) is 11.5 Å². The first-order valence-corrected chi connectivity index (χ1v) is 6.49. The van der Waals surface area contributed by atoms with Crippen molar-refractivity contribution in [1.82, 2.24) is 15.0 Å². The number of hydrogen-bond donors (Lipinski definition) is 1. The number of hydrogen-bond acceptors (Lipinski definition) is 5. The molecule has 2 aromatic rings. The molecule has 6 heteroatoms. The molecule has 1 heterocycles. The van der Waals surface area contributed by atoms with Crippen molar-refractivity contribution in [2.24, 2.45) is 5.73 Å². The monoisotopic (exact) mass is 276 g/mol. The third-order valence-corrected chi connectivity index (χ3v) is 3.13. The van der Waals surface area contributed by atoms with Crippen LogP contribution in [0, 0.1) is 0 Å². The molecule has 0 spiro atoms. The quantitative estimate of drug-likeness (QED) is 0.902. The van der Waals surface area contributed by atoms with Crippen LogP contribution in [0.25, 0.3) is 5.69 Å². The standard InChI is InChI=1S/C14H20N4O2/c1-9(2)14-11(8-15)16-17-18(14)10-5-6-12(19-3)13(7-10)20-4/h5-7,9H,8,15H2,1-4H3. The van der Waals surface area contributed by atoms with Crippen LogP contribution >= 0.6 is 0 Å². The molecule has 1 aromatic heterocycles. The lowest BCUT2D eigenvalue weighted by molar-refractivity contribution is 0.354. The van der Waals surface area contributed by atoms with E-state index in [1.54, 1.807) is 18.9 Å². The van der Waals surface area contributed by atoms with Gasteiger partial charge < -0.3 is 15.2 Å². The summed E-state index contributed by atoms with van der Waals surface area (Å²) in [5.74, 6) is 1.61. The topological polar surface area (TPSA) is 75.2 Å². The van der Waals surface area contributed by atoms with Crippen LogP contribution in [0.2, 0.25) is 0 Å². The molecular weight excluding hydrogens is 256 g/mol. The molecule has 0 radical (unpaired) electrons. The van der Waals surface area contributed by atoms with Gasteiger partial charge in [-0.05, 0) is 18.1 Å². The van der Waals surface area contributed by atoms with Gasteiger partial charge in [0.15, 0.2) is 11.5 Å². The Bertz CT molecular complexity index is 593. The number of rotatable bonds is 5. The highest BCUT2D eigenvalue weighted by Gasteiger charge is 2.17. The normalized spacial score (nSPS) is 10.9. The van der Waals surface area contributed by atoms with E-state index in [1.165, 1.54) is 0 Å². The summed E-state index contributed by atoms with van der Waals surface area (Å²) in [4.78, 5) is 0. The van der Waals surface area contributed by atoms with Crippen molar-refractivity contribution >= 4 is 0 Å². The largest absolute Gasteiger partial charge is 0.493 e. The molecule has 0 fully saturated rings. The van der Waals surface area contributed by atoms with Gasteiger partial charge in [-0.1, -0.05) is 19.1 Å². The minimum Gasteiger partial charge on any atom is -0.493 e. The molecule has 2 rings (SSSR count). The van der Waals surface area contributed by atoms with Crippen LogP contribution in [-0.2, 0) is 6.54 Å². The number of benzene rings is 1. The van der Waals surface area contributed by atoms with Gasteiger partial charge in [-0.3, -0.25) is 0 Å². The van der Waals surface area contributed by atoms with E-state index in [4.69, 9.17) is 15.2 Å². The van der Waals surface area contributed by atoms with E-state index in [2.05, 4.69) is 24.2 Å². The van der Waals surface area contributed by atoms with Crippen molar-refractivity contribution in [2.45, 2.75) is 26.3 Å². The highest BCUT2D eigenvalue weighted by Crippen LogP contribution is 2.30. The van der Waals surface area contributed by atoms with E-state index in [0.29, 0.717) is 18.0 Å². The zero-order valence-electron chi connectivity index (χ0n) is 12.3. The summed E-state index contributed by atoms with van der Waals surface area (Å²) in [5.41, 5.74) is 8.42. The smallest absolute Gasteiger partial charge is 0.162 e. The first-order chi connectivity index (χ1) is 9.62. The van der Waals surface area contributed by atoms with Crippen LogP contribution in [0.15, 0.2) is 18.2 Å². The summed E-state index contributed by atoms with van der Waals surface area (Å²) in [5, 5.41) is 8.35. The van der Waals surface area contributed by atoms with Crippen LogP contribution in [0.4, 0.5) is 0 Å². The van der Waals surface area contributed by atoms with Gasteiger partial charge in [-0.15, -0.1) is 5.10 Å². The number of aromatic nitrogens is 3. The third-order valence-electron chi connectivity index (χ3n) is 3.13. The van der Waals surface area contributed by atoms with E-state index in [-0.39, 0.29) is 5.92 Å². The van der Waals surface area contributed by atoms with E-state index < -0.39 is 0 Å². The molecule has 0 amide bonds. The van der Waals surface area contributed by atoms with Crippen molar-refractivity contribution in [2.75, 3.05) is 14.2 Å². The summed E-state index contributed by atoms with van der Waals surface area (Å²) in [6.07, 6.45) is 0. The summed E-state index contributed by atoms with van der Waals surface area (Å²) >= 11 is 0. The summed E-state index contributed by atoms with van der Waals surface area (Å²) < 4.78 is 12.4. The van der Waals surface area contributed by atoms with Crippen molar-refractivity contribution in [1.29, 1.82) is 0 Å². The first-order valence-electron chi connectivity index (χ1n) is 6.49. The maximum Gasteiger partial charge on any atom is 0.162 e. The van der Waals surface area contributed by atoms with Crippen molar-refractivity contribution in [3.63, 3.8) is 0 Å². The van der Waals surface area contributed by atoms with E-state index >= 15 is 0 Å². The van der Waals surface area contributed by atoms with Gasteiger partial charge in [0, 0.05) is 12.6 Å². The Labute approximate surface area is 118 Å². The van der Waals surface area contributed by atoms with Crippen LogP contribution in [0.1, 0.15) is 31.2 Å². The maximum absolute atomic E-state index is 5.72. The Kier molecular flexibility index (Phi) is 4.24. The molecule has 0 atom stereocenters. The average Bonchev–Trinajstić information content (AvgIpc) is 2.90. The Balaban J connectivity index is 2.54. The number of nitrogens with two attached hydrogens (primary N) is 1. The predicted molar refractivity (Wildman–Crippen MR) is 76.4 cm³/mol. The van der Waals surface area contributed by atoms with Gasteiger partial charge in [-0.25, -0.2) is 4.68 Å². The molecule has 20 heavy (non-hydrogen) atoms. The highest BCUT2D eigenvalue weighted by molar-refractivity contribution is 5.49. The van der Waals surface area contributed by atoms with Gasteiger partial charge >= 0.3 is 0 Å². The summed E-state index contributed by atoms with van der Waals surface area (Å²) in [7, 11) is 3.22. The Morgan fingerprint density at radius 3 is 2.45 bits per heavy atom. The van der Waals surface area contributed by atoms with Crippen LogP contribution < -0.4 is 15.2 Å². The second-order valence-corrected chi connectivity index (χ2v) is 4.73. The molecule has 0 aliphatic heterocycles. The Hall–Kier alpha value is -2.08. The minimum atomic E-state index is 0.275. The minimum absolute atomic E-state index is 0.275. The lowest BCUT2D eigenvalue weighted by atomic mass is 10.1. The molecule has 0 bridgehead atoms. The van der Waals surface area contributed by atoms with Crippen molar-refractivity contribution < 1.29 is 9.47 Å². The summed E-state index contributed by atoms with van der Waals surface area (Å²) in [6.45, 7) is 4.56. The fourth-order valence-corrected chi connectivity index (χ4v) is 2.19. The lowest BCUT2D eigenvalue weighted by Crippen LogP contribution is -2.08. The van der Waals surface area contributed by atoms with Gasteiger partial charge in [0.25, 0.3) is 0 Å². The molecule has 1 aromatic carbocycles. The van der Waals surface area contributed by atoms with Crippen LogP contribution in [0.3, 0.4) is 0 Å². The average molecular weight is 276 g/mol. The molecule has 0 saturated carbocycles. The zero-order valence-corrected chi connectivity index (χ0v) is 12.3. The second-order valence-electron chi connectivity index (χ2n) is 4.73. The van der Waals surface area contributed by atoms with E-state index in [9.17, 15) is 0 Å². The lowest BCUT2D eigenvalue weighted by Gasteiger charge is -2.13. The second kappa shape index (κ2) is 5.92. The SMILES string of the molecule is COc1ccc(-n2nnc(CN)c2C(C)C)cc1OC. The molecule has 6 nitrogen and oxygen atoms in total. The highest BCUT2D eigenvalue weighted by atomic mass is 16.5. The number of ether oxygens (including phenoxy) is 2. The molecule has 0 aliphatic rings. The van der Waals surface area contributed by atoms with Gasteiger partial charge in [0.1, 0.15) is 5.69 Å². The molecule has 0 saturated heterocycles. The maximum atomic E-state index is 5.72. The van der Waals surface area contributed by atoms with Crippen molar-refractivity contribution in [3.05, 3.63) is 29.6 Å². The molecule has 108 valence electrons. The fourth-order valence-electron chi connectivity index (χ4n) is 2.19. The van der Waals surface area contributed by atoms with Gasteiger partial charge in [-0.2, -0.15) is 0 Å². The molecular formula is C14H20N4O2. The number of nitrogens with zero attached hydrogens (tertiary/aromatic N) is 3. The zero-order chi connectivity index (χ0) is 14.7. The van der Waals surface area contributed by atoms with Gasteiger partial charge in [0.05, 0.1) is 25.6 Å². The molecule has 2 N–H and O–H groups in total. The summed E-state index contributed by atoms with van der Waals surface area (Å²) in [6, 6.07) is 5.64.